The van der Waals surface area contributed by atoms with Crippen molar-refractivity contribution in [3.63, 3.8) is 0 Å². The van der Waals surface area contributed by atoms with E-state index >= 15 is 0 Å². The summed E-state index contributed by atoms with van der Waals surface area (Å²) in [5.41, 5.74) is 2.60. The summed E-state index contributed by atoms with van der Waals surface area (Å²) in [6.45, 7) is 11.1. The van der Waals surface area contributed by atoms with Gasteiger partial charge in [0.1, 0.15) is 0 Å². The average molecular weight is 220 g/mol. The number of nitrogens with zero attached hydrogens (tertiary/aromatic N) is 1. The van der Waals surface area contributed by atoms with Crippen LogP contribution in [0.2, 0.25) is 0 Å². The maximum atomic E-state index is 4.26. The molecule has 0 saturated carbocycles. The standard InChI is InChI=1S/C14H24N2/c1-5-6-15-9-12(3)13(4)14-7-11(2)8-16-10-14/h7-8,10,12-13,15H,5-6,9H2,1-4H3. The van der Waals surface area contributed by atoms with Crippen molar-refractivity contribution in [3.8, 4) is 0 Å². The Morgan fingerprint density at radius 3 is 2.69 bits per heavy atom. The van der Waals surface area contributed by atoms with Gasteiger partial charge < -0.3 is 5.32 Å². The van der Waals surface area contributed by atoms with Crippen molar-refractivity contribution in [1.29, 1.82) is 0 Å². The van der Waals surface area contributed by atoms with E-state index in [1.165, 1.54) is 17.5 Å². The van der Waals surface area contributed by atoms with Crippen LogP contribution in [0.3, 0.4) is 0 Å². The van der Waals surface area contributed by atoms with Crippen LogP contribution in [0.1, 0.15) is 44.2 Å². The smallest absolute Gasteiger partial charge is 0.0302 e. The van der Waals surface area contributed by atoms with E-state index in [1.807, 2.05) is 12.4 Å². The van der Waals surface area contributed by atoms with Crippen LogP contribution in [0.15, 0.2) is 18.5 Å². The lowest BCUT2D eigenvalue weighted by Crippen LogP contribution is -2.25. The molecule has 2 nitrogen and oxygen atoms in total. The number of pyridine rings is 1. The predicted molar refractivity (Wildman–Crippen MR) is 69.7 cm³/mol. The van der Waals surface area contributed by atoms with Crippen LogP contribution in [0.5, 0.6) is 0 Å². The quantitative estimate of drug-likeness (QED) is 0.745. The third-order valence-electron chi connectivity index (χ3n) is 3.17. The molecule has 1 N–H and O–H groups in total. The van der Waals surface area contributed by atoms with Gasteiger partial charge in [-0.15, -0.1) is 0 Å². The van der Waals surface area contributed by atoms with Gasteiger partial charge in [0, 0.05) is 12.4 Å². The van der Waals surface area contributed by atoms with Crippen molar-refractivity contribution in [3.05, 3.63) is 29.6 Å². The Morgan fingerprint density at radius 2 is 2.06 bits per heavy atom. The lowest BCUT2D eigenvalue weighted by Gasteiger charge is -2.20. The molecule has 0 spiro atoms. The molecule has 1 rings (SSSR count). The summed E-state index contributed by atoms with van der Waals surface area (Å²) in [5, 5.41) is 3.48. The Hall–Kier alpha value is -0.890. The Morgan fingerprint density at radius 1 is 1.31 bits per heavy atom. The second-order valence-corrected chi connectivity index (χ2v) is 4.77. The van der Waals surface area contributed by atoms with Crippen molar-refractivity contribution in [2.45, 2.75) is 40.0 Å². The summed E-state index contributed by atoms with van der Waals surface area (Å²) < 4.78 is 0. The van der Waals surface area contributed by atoms with Crippen LogP contribution in [0.25, 0.3) is 0 Å². The normalized spacial score (nSPS) is 14.8. The zero-order valence-corrected chi connectivity index (χ0v) is 11.0. The summed E-state index contributed by atoms with van der Waals surface area (Å²) >= 11 is 0. The van der Waals surface area contributed by atoms with Crippen LogP contribution in [0, 0.1) is 12.8 Å². The van der Waals surface area contributed by atoms with Gasteiger partial charge in [0.05, 0.1) is 0 Å². The average Bonchev–Trinajstić information content (AvgIpc) is 2.28. The van der Waals surface area contributed by atoms with Crippen LogP contribution in [-0.4, -0.2) is 18.1 Å². The van der Waals surface area contributed by atoms with Gasteiger partial charge in [-0.25, -0.2) is 0 Å². The molecule has 0 aliphatic carbocycles. The van der Waals surface area contributed by atoms with E-state index in [2.05, 4.69) is 44.1 Å². The zero-order valence-electron chi connectivity index (χ0n) is 11.0. The van der Waals surface area contributed by atoms with Crippen molar-refractivity contribution < 1.29 is 0 Å². The number of rotatable bonds is 6. The molecule has 0 bridgehead atoms. The molecule has 1 aromatic rings. The van der Waals surface area contributed by atoms with Crippen molar-refractivity contribution in [1.82, 2.24) is 10.3 Å². The first-order chi connectivity index (χ1) is 7.65. The van der Waals surface area contributed by atoms with Gasteiger partial charge in [0.25, 0.3) is 0 Å². The lowest BCUT2D eigenvalue weighted by molar-refractivity contribution is 0.447. The lowest BCUT2D eigenvalue weighted by atomic mass is 9.89. The van der Waals surface area contributed by atoms with Gasteiger partial charge in [-0.3, -0.25) is 4.98 Å². The van der Waals surface area contributed by atoms with E-state index in [0.717, 1.165) is 13.1 Å². The molecule has 0 fully saturated rings. The summed E-state index contributed by atoms with van der Waals surface area (Å²) in [6, 6.07) is 2.24. The number of hydrogen-bond acceptors (Lipinski definition) is 2. The predicted octanol–water partition coefficient (Wildman–Crippen LogP) is 3.13. The number of aryl methyl sites for hydroxylation is 1. The van der Waals surface area contributed by atoms with E-state index < -0.39 is 0 Å². The molecule has 0 aliphatic rings. The summed E-state index contributed by atoms with van der Waals surface area (Å²) in [6.07, 6.45) is 5.11. The highest BCUT2D eigenvalue weighted by Crippen LogP contribution is 2.23. The Balaban J connectivity index is 2.52. The SMILES string of the molecule is CCCNCC(C)C(C)c1cncc(C)c1. The van der Waals surface area contributed by atoms with Crippen LogP contribution >= 0.6 is 0 Å². The summed E-state index contributed by atoms with van der Waals surface area (Å²) in [7, 11) is 0. The monoisotopic (exact) mass is 220 g/mol. The first-order valence-corrected chi connectivity index (χ1v) is 6.27. The Bertz CT molecular complexity index is 309. The van der Waals surface area contributed by atoms with Crippen LogP contribution in [0.4, 0.5) is 0 Å². The van der Waals surface area contributed by atoms with Gasteiger partial charge in [-0.05, 0) is 49.4 Å². The van der Waals surface area contributed by atoms with Gasteiger partial charge in [-0.2, -0.15) is 0 Å². The molecule has 0 aromatic carbocycles. The minimum Gasteiger partial charge on any atom is -0.316 e. The fraction of sp³-hybridized carbons (Fsp3) is 0.643. The van der Waals surface area contributed by atoms with Crippen LogP contribution < -0.4 is 5.32 Å². The van der Waals surface area contributed by atoms with E-state index in [-0.39, 0.29) is 0 Å². The van der Waals surface area contributed by atoms with Gasteiger partial charge in [-0.1, -0.05) is 26.8 Å². The maximum Gasteiger partial charge on any atom is 0.0302 e. The van der Waals surface area contributed by atoms with Gasteiger partial charge >= 0.3 is 0 Å². The molecule has 0 saturated heterocycles. The van der Waals surface area contributed by atoms with E-state index in [0.29, 0.717) is 11.8 Å². The minimum atomic E-state index is 0.566. The zero-order chi connectivity index (χ0) is 12.0. The van der Waals surface area contributed by atoms with Gasteiger partial charge in [0.2, 0.25) is 0 Å². The van der Waals surface area contributed by atoms with Gasteiger partial charge in [0.15, 0.2) is 0 Å². The molecule has 2 heteroatoms. The molecule has 90 valence electrons. The highest BCUT2D eigenvalue weighted by molar-refractivity contribution is 5.20. The summed E-state index contributed by atoms with van der Waals surface area (Å²) in [4.78, 5) is 4.26. The third-order valence-corrected chi connectivity index (χ3v) is 3.17. The molecule has 1 heterocycles. The molecule has 16 heavy (non-hydrogen) atoms. The highest BCUT2D eigenvalue weighted by Gasteiger charge is 2.14. The molecule has 1 aromatic heterocycles. The highest BCUT2D eigenvalue weighted by atomic mass is 14.8. The summed E-state index contributed by atoms with van der Waals surface area (Å²) in [5.74, 6) is 1.21. The molecule has 2 atom stereocenters. The van der Waals surface area contributed by atoms with Crippen molar-refractivity contribution in [2.24, 2.45) is 5.92 Å². The molecular weight excluding hydrogens is 196 g/mol. The van der Waals surface area contributed by atoms with Crippen molar-refractivity contribution in [2.75, 3.05) is 13.1 Å². The molecular formula is C14H24N2. The minimum absolute atomic E-state index is 0.566. The number of aromatic nitrogens is 1. The first kappa shape index (κ1) is 13.2. The molecule has 0 aliphatic heterocycles. The maximum absolute atomic E-state index is 4.26. The largest absolute Gasteiger partial charge is 0.316 e. The topological polar surface area (TPSA) is 24.9 Å². The third kappa shape index (κ3) is 3.93. The van der Waals surface area contributed by atoms with Crippen LogP contribution in [-0.2, 0) is 0 Å². The Labute approximate surface area is 99.5 Å². The number of hydrogen-bond donors (Lipinski definition) is 1. The first-order valence-electron chi connectivity index (χ1n) is 6.27. The molecule has 2 unspecified atom stereocenters. The van der Waals surface area contributed by atoms with E-state index in [1.54, 1.807) is 0 Å². The fourth-order valence-corrected chi connectivity index (χ4v) is 1.84. The molecule has 0 radical (unpaired) electrons. The number of nitrogens with one attached hydrogen (secondary N) is 1. The van der Waals surface area contributed by atoms with E-state index in [9.17, 15) is 0 Å². The second-order valence-electron chi connectivity index (χ2n) is 4.77. The van der Waals surface area contributed by atoms with E-state index in [4.69, 9.17) is 0 Å². The Kier molecular flexibility index (Phi) is 5.47. The molecule has 0 amide bonds. The second kappa shape index (κ2) is 6.64. The van der Waals surface area contributed by atoms with Crippen molar-refractivity contribution >= 4 is 0 Å². The fourth-order valence-electron chi connectivity index (χ4n) is 1.84.